The third-order valence-electron chi connectivity index (χ3n) is 12.4. The molecule has 1 aliphatic carbocycles. The van der Waals surface area contributed by atoms with Crippen LogP contribution in [0.5, 0.6) is 0 Å². The highest BCUT2D eigenvalue weighted by Crippen LogP contribution is 2.58. The monoisotopic (exact) mass is 791 g/mol. The van der Waals surface area contributed by atoms with E-state index in [4.69, 9.17) is 15.0 Å². The van der Waals surface area contributed by atoms with E-state index in [0.29, 0.717) is 17.5 Å². The van der Waals surface area contributed by atoms with Crippen molar-refractivity contribution >= 4 is 21.8 Å². The van der Waals surface area contributed by atoms with Gasteiger partial charge in [0.25, 0.3) is 0 Å². The molecular weight excluding hydrogens is 755 g/mol. The average molecular weight is 792 g/mol. The number of pyridine rings is 1. The summed E-state index contributed by atoms with van der Waals surface area (Å²) in [6.07, 6.45) is 3.83. The molecule has 1 unspecified atom stereocenters. The summed E-state index contributed by atoms with van der Waals surface area (Å²) in [5, 5.41) is 2.38. The molecule has 5 heteroatoms. The largest absolute Gasteiger partial charge is 0.309 e. The van der Waals surface area contributed by atoms with Gasteiger partial charge in [-0.05, 0) is 87.0 Å². The first-order valence-electron chi connectivity index (χ1n) is 21.0. The fourth-order valence-electron chi connectivity index (χ4n) is 9.79. The van der Waals surface area contributed by atoms with Crippen LogP contribution >= 0.6 is 0 Å². The van der Waals surface area contributed by atoms with Crippen molar-refractivity contribution in [3.63, 3.8) is 0 Å². The minimum Gasteiger partial charge on any atom is -0.309 e. The molecular formula is C57H37N5. The van der Waals surface area contributed by atoms with Crippen molar-refractivity contribution in [2.45, 2.75) is 5.41 Å². The maximum absolute atomic E-state index is 5.05. The summed E-state index contributed by atoms with van der Waals surface area (Å²) in [7, 11) is 0. The molecule has 1 aliphatic rings. The van der Waals surface area contributed by atoms with Crippen LogP contribution in [0.15, 0.2) is 225 Å². The van der Waals surface area contributed by atoms with E-state index in [-0.39, 0.29) is 0 Å². The van der Waals surface area contributed by atoms with Crippen molar-refractivity contribution in [3.8, 4) is 62.1 Å². The number of fused-ring (bicyclic) bond motifs is 6. The molecule has 0 saturated heterocycles. The van der Waals surface area contributed by atoms with E-state index >= 15 is 0 Å². The molecule has 11 aromatic rings. The van der Waals surface area contributed by atoms with E-state index in [1.54, 1.807) is 0 Å². The Morgan fingerprint density at radius 2 is 0.903 bits per heavy atom. The van der Waals surface area contributed by atoms with Gasteiger partial charge in [-0.15, -0.1) is 0 Å². The maximum Gasteiger partial charge on any atom is 0.164 e. The van der Waals surface area contributed by atoms with Crippen LogP contribution < -0.4 is 0 Å². The molecule has 1 atom stereocenters. The predicted octanol–water partition coefficient (Wildman–Crippen LogP) is 13.4. The third kappa shape index (κ3) is 5.56. The van der Waals surface area contributed by atoms with Gasteiger partial charge in [-0.3, -0.25) is 4.98 Å². The summed E-state index contributed by atoms with van der Waals surface area (Å²) >= 11 is 0. The Labute approximate surface area is 359 Å². The van der Waals surface area contributed by atoms with Gasteiger partial charge < -0.3 is 4.57 Å². The second-order valence-electron chi connectivity index (χ2n) is 15.8. The Kier molecular flexibility index (Phi) is 8.32. The first kappa shape index (κ1) is 35.6. The number of hydrogen-bond acceptors (Lipinski definition) is 4. The number of para-hydroxylation sites is 1. The second-order valence-corrected chi connectivity index (χ2v) is 15.8. The van der Waals surface area contributed by atoms with Gasteiger partial charge in [0.1, 0.15) is 0 Å². The fraction of sp³-hybridized carbons (Fsp3) is 0.0175. The highest BCUT2D eigenvalue weighted by atomic mass is 15.0. The standard InChI is InChI=1S/C57H37N5/c1-4-16-38(17-5-1)54-59-55(39-18-6-2-7-19-39)61-56(60-54)41-20-14-23-44(36-41)62-51-29-13-11-24-46(51)48-37-40(30-31-52(48)62)45-26-15-28-50-53(45)47-25-10-12-27-49(47)57(50,42-21-8-3-9-22-42)43-32-34-58-35-33-43/h1-37H. The van der Waals surface area contributed by atoms with E-state index in [1.165, 1.54) is 55.3 Å². The van der Waals surface area contributed by atoms with Crippen molar-refractivity contribution in [1.82, 2.24) is 24.5 Å². The minimum atomic E-state index is -0.500. The Bertz CT molecular complexity index is 3350. The Morgan fingerprint density at radius 1 is 0.355 bits per heavy atom. The fourth-order valence-corrected chi connectivity index (χ4v) is 9.79. The molecule has 8 aromatic carbocycles. The number of aromatic nitrogens is 5. The quantitative estimate of drug-likeness (QED) is 0.161. The van der Waals surface area contributed by atoms with Crippen LogP contribution in [-0.2, 0) is 5.41 Å². The average Bonchev–Trinajstić information content (AvgIpc) is 3.86. The van der Waals surface area contributed by atoms with Gasteiger partial charge in [0.05, 0.1) is 16.4 Å². The van der Waals surface area contributed by atoms with Gasteiger partial charge in [0.2, 0.25) is 0 Å². The molecule has 3 heterocycles. The molecule has 0 bridgehead atoms. The molecule has 12 rings (SSSR count). The molecule has 5 nitrogen and oxygen atoms in total. The Balaban J connectivity index is 1.03. The van der Waals surface area contributed by atoms with E-state index in [2.05, 4.69) is 161 Å². The second kappa shape index (κ2) is 14.5. The van der Waals surface area contributed by atoms with E-state index < -0.39 is 5.41 Å². The summed E-state index contributed by atoms with van der Waals surface area (Å²) in [6.45, 7) is 0. The smallest absolute Gasteiger partial charge is 0.164 e. The summed E-state index contributed by atoms with van der Waals surface area (Å²) < 4.78 is 2.37. The van der Waals surface area contributed by atoms with Crippen molar-refractivity contribution in [1.29, 1.82) is 0 Å². The molecule has 290 valence electrons. The SMILES string of the molecule is c1ccc(-c2nc(-c3ccccc3)nc(-c3cccc(-n4c5ccccc5c5cc(-c6cccc7c6-c6ccccc6C7(c6ccccc6)c6ccncc6)ccc54)c3)n2)cc1. The first-order valence-corrected chi connectivity index (χ1v) is 21.0. The number of benzene rings is 8. The lowest BCUT2D eigenvalue weighted by Gasteiger charge is -2.33. The van der Waals surface area contributed by atoms with Crippen LogP contribution in [0.4, 0.5) is 0 Å². The summed E-state index contributed by atoms with van der Waals surface area (Å²) in [5.74, 6) is 1.90. The third-order valence-corrected chi connectivity index (χ3v) is 12.4. The van der Waals surface area contributed by atoms with Crippen LogP contribution in [0.3, 0.4) is 0 Å². The Morgan fingerprint density at radius 3 is 1.65 bits per heavy atom. The molecule has 0 amide bonds. The minimum absolute atomic E-state index is 0.500. The van der Waals surface area contributed by atoms with Gasteiger partial charge in [0.15, 0.2) is 17.5 Å². The van der Waals surface area contributed by atoms with Crippen molar-refractivity contribution in [2.24, 2.45) is 0 Å². The predicted molar refractivity (Wildman–Crippen MR) is 251 cm³/mol. The molecule has 3 aromatic heterocycles. The van der Waals surface area contributed by atoms with Crippen molar-refractivity contribution < 1.29 is 0 Å². The number of rotatable bonds is 7. The highest BCUT2D eigenvalue weighted by molar-refractivity contribution is 6.11. The van der Waals surface area contributed by atoms with Crippen molar-refractivity contribution in [2.75, 3.05) is 0 Å². The van der Waals surface area contributed by atoms with Gasteiger partial charge >= 0.3 is 0 Å². The summed E-state index contributed by atoms with van der Waals surface area (Å²) in [4.78, 5) is 19.5. The first-order chi connectivity index (χ1) is 30.8. The zero-order chi connectivity index (χ0) is 41.0. The van der Waals surface area contributed by atoms with E-state index in [1.807, 2.05) is 73.1 Å². The topological polar surface area (TPSA) is 56.5 Å². The van der Waals surface area contributed by atoms with Crippen LogP contribution in [0.2, 0.25) is 0 Å². The lowest BCUT2D eigenvalue weighted by molar-refractivity contribution is 0.766. The Hall–Kier alpha value is -8.28. The van der Waals surface area contributed by atoms with Gasteiger partial charge in [-0.1, -0.05) is 170 Å². The maximum atomic E-state index is 5.05. The zero-order valence-electron chi connectivity index (χ0n) is 33.6. The normalized spacial score (nSPS) is 14.2. The van der Waals surface area contributed by atoms with Crippen LogP contribution in [0.1, 0.15) is 22.3 Å². The summed E-state index contributed by atoms with van der Waals surface area (Å²) in [5.41, 5.74) is 15.5. The van der Waals surface area contributed by atoms with E-state index in [0.717, 1.165) is 33.4 Å². The lowest BCUT2D eigenvalue weighted by atomic mass is 9.68. The number of nitrogens with zero attached hydrogens (tertiary/aromatic N) is 5. The molecule has 0 fully saturated rings. The molecule has 0 aliphatic heterocycles. The lowest BCUT2D eigenvalue weighted by Crippen LogP contribution is -2.28. The van der Waals surface area contributed by atoms with Gasteiger partial charge in [0, 0.05) is 45.5 Å². The van der Waals surface area contributed by atoms with Crippen LogP contribution in [-0.4, -0.2) is 24.5 Å². The zero-order valence-corrected chi connectivity index (χ0v) is 33.6. The molecule has 0 radical (unpaired) electrons. The summed E-state index contributed by atoms with van der Waals surface area (Å²) in [6, 6.07) is 75.5. The molecule has 0 saturated carbocycles. The molecule has 0 N–H and O–H groups in total. The highest BCUT2D eigenvalue weighted by Gasteiger charge is 2.46. The van der Waals surface area contributed by atoms with Crippen LogP contribution in [0, 0.1) is 0 Å². The van der Waals surface area contributed by atoms with Gasteiger partial charge in [-0.25, -0.2) is 15.0 Å². The van der Waals surface area contributed by atoms with Crippen molar-refractivity contribution in [3.05, 3.63) is 247 Å². The van der Waals surface area contributed by atoms with E-state index in [9.17, 15) is 0 Å². The van der Waals surface area contributed by atoms with Crippen LogP contribution in [0.25, 0.3) is 83.9 Å². The molecule has 0 spiro atoms. The number of hydrogen-bond donors (Lipinski definition) is 0. The van der Waals surface area contributed by atoms with Gasteiger partial charge in [-0.2, -0.15) is 0 Å². The molecule has 62 heavy (non-hydrogen) atoms.